The van der Waals surface area contributed by atoms with Crippen molar-refractivity contribution in [3.63, 3.8) is 0 Å². The number of hydrogen-bond acceptors (Lipinski definition) is 3. The molecule has 1 atom stereocenters. The van der Waals surface area contributed by atoms with Gasteiger partial charge in [0.1, 0.15) is 0 Å². The molecule has 1 aromatic rings. The van der Waals surface area contributed by atoms with Crippen LogP contribution in [-0.4, -0.2) is 47.7 Å². The SMILES string of the molecule is C[C@H](CC(=O)N1CCC(c2ccc(C(=O)O)cc2)CC1)OCC1CCCCC1. The highest BCUT2D eigenvalue weighted by molar-refractivity contribution is 5.87. The molecule has 1 amide bonds. The van der Waals surface area contributed by atoms with E-state index in [0.29, 0.717) is 23.8 Å². The predicted molar refractivity (Wildman–Crippen MR) is 109 cm³/mol. The maximum absolute atomic E-state index is 12.6. The maximum Gasteiger partial charge on any atom is 0.335 e. The van der Waals surface area contributed by atoms with Crippen LogP contribution in [0.1, 0.15) is 80.1 Å². The number of likely N-dealkylation sites (tertiary alicyclic amines) is 1. The Kier molecular flexibility index (Phi) is 7.49. The third kappa shape index (κ3) is 5.81. The van der Waals surface area contributed by atoms with Gasteiger partial charge in [0.15, 0.2) is 0 Å². The molecule has 5 nitrogen and oxygen atoms in total. The second-order valence-electron chi connectivity index (χ2n) is 8.43. The van der Waals surface area contributed by atoms with E-state index in [1.165, 1.54) is 37.7 Å². The molecule has 1 heterocycles. The lowest BCUT2D eigenvalue weighted by Gasteiger charge is -2.33. The van der Waals surface area contributed by atoms with Gasteiger partial charge in [-0.25, -0.2) is 4.79 Å². The van der Waals surface area contributed by atoms with Crippen molar-refractivity contribution in [2.24, 2.45) is 5.92 Å². The van der Waals surface area contributed by atoms with Crippen molar-refractivity contribution < 1.29 is 19.4 Å². The van der Waals surface area contributed by atoms with Crippen LogP contribution in [0.25, 0.3) is 0 Å². The van der Waals surface area contributed by atoms with E-state index in [2.05, 4.69) is 0 Å². The highest BCUT2D eigenvalue weighted by Gasteiger charge is 2.25. The fraction of sp³-hybridized carbons (Fsp3) is 0.652. The van der Waals surface area contributed by atoms with Gasteiger partial charge in [0.2, 0.25) is 5.91 Å². The Morgan fingerprint density at radius 1 is 1.07 bits per heavy atom. The first-order chi connectivity index (χ1) is 13.5. The van der Waals surface area contributed by atoms with Crippen molar-refractivity contribution in [1.29, 1.82) is 0 Å². The summed E-state index contributed by atoms with van der Waals surface area (Å²) in [6.45, 7) is 4.33. The first-order valence-corrected chi connectivity index (χ1v) is 10.8. The van der Waals surface area contributed by atoms with Gasteiger partial charge in [0.05, 0.1) is 18.1 Å². The number of aromatic carboxylic acids is 1. The lowest BCUT2D eigenvalue weighted by molar-refractivity contribution is -0.135. The van der Waals surface area contributed by atoms with E-state index in [-0.39, 0.29) is 12.0 Å². The van der Waals surface area contributed by atoms with Crippen LogP contribution in [0.3, 0.4) is 0 Å². The average Bonchev–Trinajstić information content (AvgIpc) is 2.73. The van der Waals surface area contributed by atoms with Gasteiger partial charge in [-0.2, -0.15) is 0 Å². The zero-order chi connectivity index (χ0) is 19.9. The Labute approximate surface area is 168 Å². The third-order valence-corrected chi connectivity index (χ3v) is 6.28. The minimum Gasteiger partial charge on any atom is -0.478 e. The molecule has 0 aromatic heterocycles. The quantitative estimate of drug-likeness (QED) is 0.750. The summed E-state index contributed by atoms with van der Waals surface area (Å²) in [5.41, 5.74) is 1.49. The molecule has 1 aromatic carbocycles. The molecule has 1 saturated heterocycles. The third-order valence-electron chi connectivity index (χ3n) is 6.28. The Morgan fingerprint density at radius 3 is 2.32 bits per heavy atom. The van der Waals surface area contributed by atoms with Crippen molar-refractivity contribution in [2.45, 2.75) is 70.3 Å². The van der Waals surface area contributed by atoms with E-state index in [9.17, 15) is 9.59 Å². The van der Waals surface area contributed by atoms with Crippen LogP contribution < -0.4 is 0 Å². The molecule has 2 aliphatic rings. The molecule has 3 rings (SSSR count). The summed E-state index contributed by atoms with van der Waals surface area (Å²) in [4.78, 5) is 25.5. The molecule has 1 N–H and O–H groups in total. The molecule has 0 bridgehead atoms. The van der Waals surface area contributed by atoms with Crippen LogP contribution in [0, 0.1) is 5.92 Å². The minimum absolute atomic E-state index is 0.0179. The summed E-state index contributed by atoms with van der Waals surface area (Å²) in [6, 6.07) is 7.15. The van der Waals surface area contributed by atoms with Crippen molar-refractivity contribution in [2.75, 3.05) is 19.7 Å². The van der Waals surface area contributed by atoms with Crippen LogP contribution in [0.15, 0.2) is 24.3 Å². The first kappa shape index (κ1) is 20.8. The molecule has 1 aliphatic carbocycles. The van der Waals surface area contributed by atoms with Gasteiger partial charge in [0, 0.05) is 19.7 Å². The number of carbonyl (C=O) groups excluding carboxylic acids is 1. The van der Waals surface area contributed by atoms with Crippen molar-refractivity contribution in [3.8, 4) is 0 Å². The number of benzene rings is 1. The number of piperidine rings is 1. The molecular weight excluding hydrogens is 354 g/mol. The van der Waals surface area contributed by atoms with Crippen LogP contribution in [0.4, 0.5) is 0 Å². The number of rotatable bonds is 7. The van der Waals surface area contributed by atoms with Crippen molar-refractivity contribution >= 4 is 11.9 Å². The number of ether oxygens (including phenoxy) is 1. The Hall–Kier alpha value is -1.88. The molecule has 0 unspecified atom stereocenters. The molecule has 2 fully saturated rings. The molecule has 154 valence electrons. The molecule has 1 saturated carbocycles. The van der Waals surface area contributed by atoms with E-state index >= 15 is 0 Å². The van der Waals surface area contributed by atoms with Gasteiger partial charge in [-0.3, -0.25) is 4.79 Å². The number of carboxylic acid groups (broad SMARTS) is 1. The van der Waals surface area contributed by atoms with E-state index in [1.807, 2.05) is 24.0 Å². The Balaban J connectivity index is 1.39. The minimum atomic E-state index is -0.896. The van der Waals surface area contributed by atoms with Gasteiger partial charge >= 0.3 is 5.97 Å². The average molecular weight is 388 g/mol. The smallest absolute Gasteiger partial charge is 0.335 e. The monoisotopic (exact) mass is 387 g/mol. The molecule has 0 radical (unpaired) electrons. The summed E-state index contributed by atoms with van der Waals surface area (Å²) < 4.78 is 5.97. The van der Waals surface area contributed by atoms with Crippen molar-refractivity contribution in [1.82, 2.24) is 4.90 Å². The highest BCUT2D eigenvalue weighted by Crippen LogP contribution is 2.29. The van der Waals surface area contributed by atoms with Gasteiger partial charge in [-0.05, 0) is 62.1 Å². The van der Waals surface area contributed by atoms with Crippen LogP contribution in [0.2, 0.25) is 0 Å². The first-order valence-electron chi connectivity index (χ1n) is 10.8. The van der Waals surface area contributed by atoms with E-state index in [4.69, 9.17) is 9.84 Å². The van der Waals surface area contributed by atoms with Gasteiger partial charge in [-0.1, -0.05) is 31.4 Å². The molecular formula is C23H33NO4. The van der Waals surface area contributed by atoms with Crippen LogP contribution in [-0.2, 0) is 9.53 Å². The maximum atomic E-state index is 12.6. The van der Waals surface area contributed by atoms with Gasteiger partial charge in [-0.15, -0.1) is 0 Å². The van der Waals surface area contributed by atoms with Crippen molar-refractivity contribution in [3.05, 3.63) is 35.4 Å². The van der Waals surface area contributed by atoms with E-state index < -0.39 is 5.97 Å². The summed E-state index contributed by atoms with van der Waals surface area (Å²) in [6.07, 6.45) is 8.81. The molecule has 1 aliphatic heterocycles. The second-order valence-corrected chi connectivity index (χ2v) is 8.43. The molecule has 0 spiro atoms. The summed E-state index contributed by atoms with van der Waals surface area (Å²) in [5.74, 6) is 0.365. The number of hydrogen-bond donors (Lipinski definition) is 1. The zero-order valence-corrected chi connectivity index (χ0v) is 16.9. The summed E-state index contributed by atoms with van der Waals surface area (Å²) in [5, 5.41) is 9.01. The van der Waals surface area contributed by atoms with Crippen LogP contribution >= 0.6 is 0 Å². The summed E-state index contributed by atoms with van der Waals surface area (Å²) in [7, 11) is 0. The Bertz CT molecular complexity index is 643. The molecule has 5 heteroatoms. The predicted octanol–water partition coefficient (Wildman–Crippen LogP) is 4.47. The van der Waals surface area contributed by atoms with E-state index in [1.54, 1.807) is 12.1 Å². The summed E-state index contributed by atoms with van der Waals surface area (Å²) >= 11 is 0. The lowest BCUT2D eigenvalue weighted by Crippen LogP contribution is -2.39. The largest absolute Gasteiger partial charge is 0.478 e. The highest BCUT2D eigenvalue weighted by atomic mass is 16.5. The molecule has 28 heavy (non-hydrogen) atoms. The number of carbonyl (C=O) groups is 2. The standard InChI is InChI=1S/C23H33NO4/c1-17(28-16-18-5-3-2-4-6-18)15-22(25)24-13-11-20(12-14-24)19-7-9-21(10-8-19)23(26)27/h7-10,17-18,20H,2-6,11-16H2,1H3,(H,26,27)/t17-/m1/s1. The van der Waals surface area contributed by atoms with Crippen LogP contribution in [0.5, 0.6) is 0 Å². The normalized spacial score (nSPS) is 20.1. The number of amides is 1. The number of carboxylic acids is 1. The fourth-order valence-corrected chi connectivity index (χ4v) is 4.45. The van der Waals surface area contributed by atoms with Gasteiger partial charge in [0.25, 0.3) is 0 Å². The van der Waals surface area contributed by atoms with Gasteiger partial charge < -0.3 is 14.7 Å². The van der Waals surface area contributed by atoms with E-state index in [0.717, 1.165) is 32.5 Å². The number of nitrogens with zero attached hydrogens (tertiary/aromatic N) is 1. The Morgan fingerprint density at radius 2 is 1.71 bits per heavy atom. The topological polar surface area (TPSA) is 66.8 Å². The lowest BCUT2D eigenvalue weighted by atomic mass is 9.89. The second kappa shape index (κ2) is 10.1. The zero-order valence-electron chi connectivity index (χ0n) is 16.9. The fourth-order valence-electron chi connectivity index (χ4n) is 4.45.